The first kappa shape index (κ1) is 18.6. The molecule has 1 amide bonds. The van der Waals surface area contributed by atoms with Gasteiger partial charge in [-0.1, -0.05) is 12.1 Å². The van der Waals surface area contributed by atoms with Crippen LogP contribution >= 0.6 is 0 Å². The smallest absolute Gasteiger partial charge is 0.220 e. The van der Waals surface area contributed by atoms with Crippen LogP contribution in [-0.2, 0) is 11.2 Å². The van der Waals surface area contributed by atoms with Crippen molar-refractivity contribution >= 4 is 11.6 Å². The van der Waals surface area contributed by atoms with E-state index in [0.717, 1.165) is 29.2 Å². The molecule has 0 spiro atoms. The topological polar surface area (TPSA) is 73.6 Å². The maximum atomic E-state index is 11.8. The zero-order valence-corrected chi connectivity index (χ0v) is 14.7. The summed E-state index contributed by atoms with van der Waals surface area (Å²) in [5, 5.41) is 2.92. The highest BCUT2D eigenvalue weighted by atomic mass is 16.5. The van der Waals surface area contributed by atoms with Gasteiger partial charge in [-0.2, -0.15) is 0 Å². The molecule has 5 nitrogen and oxygen atoms in total. The summed E-state index contributed by atoms with van der Waals surface area (Å²) in [7, 11) is 0. The normalized spacial score (nSPS) is 10.3. The molecule has 0 aliphatic carbocycles. The minimum atomic E-state index is 0.0470. The predicted molar refractivity (Wildman–Crippen MR) is 99.9 cm³/mol. The van der Waals surface area contributed by atoms with E-state index in [9.17, 15) is 4.79 Å². The lowest BCUT2D eigenvalue weighted by atomic mass is 10.1. The molecule has 134 valence electrons. The van der Waals surface area contributed by atoms with Crippen molar-refractivity contribution in [2.24, 2.45) is 0 Å². The van der Waals surface area contributed by atoms with Crippen molar-refractivity contribution in [1.29, 1.82) is 0 Å². The van der Waals surface area contributed by atoms with E-state index in [1.54, 1.807) is 0 Å². The molecule has 0 heterocycles. The standard InChI is InChI=1S/C20H26N2O3/c1-2-24-18-9-11-19(12-10-18)25-15-3-4-20(23)22-14-13-16-5-7-17(21)8-6-16/h5-12H,2-4,13-15,21H2,1H3,(H,22,23). The van der Waals surface area contributed by atoms with Crippen LogP contribution in [0.3, 0.4) is 0 Å². The summed E-state index contributed by atoms with van der Waals surface area (Å²) in [5.41, 5.74) is 7.56. The van der Waals surface area contributed by atoms with Crippen LogP contribution < -0.4 is 20.5 Å². The van der Waals surface area contributed by atoms with Gasteiger partial charge in [-0.15, -0.1) is 0 Å². The average molecular weight is 342 g/mol. The first-order valence-corrected chi connectivity index (χ1v) is 8.64. The average Bonchev–Trinajstić information content (AvgIpc) is 2.62. The van der Waals surface area contributed by atoms with Crippen molar-refractivity contribution in [1.82, 2.24) is 5.32 Å². The van der Waals surface area contributed by atoms with Gasteiger partial charge in [0.25, 0.3) is 0 Å². The van der Waals surface area contributed by atoms with Gasteiger partial charge in [-0.3, -0.25) is 4.79 Å². The van der Waals surface area contributed by atoms with E-state index in [0.29, 0.717) is 32.6 Å². The van der Waals surface area contributed by atoms with Gasteiger partial charge in [-0.05, 0) is 61.7 Å². The summed E-state index contributed by atoms with van der Waals surface area (Å²) in [6, 6.07) is 15.2. The van der Waals surface area contributed by atoms with Gasteiger partial charge < -0.3 is 20.5 Å². The van der Waals surface area contributed by atoms with Crippen LogP contribution in [0.25, 0.3) is 0 Å². The molecule has 0 aromatic heterocycles. The maximum Gasteiger partial charge on any atom is 0.220 e. The molecule has 2 rings (SSSR count). The third kappa shape index (κ3) is 7.16. The molecule has 0 fully saturated rings. The Balaban J connectivity index is 1.56. The highest BCUT2D eigenvalue weighted by Crippen LogP contribution is 2.17. The molecule has 0 aliphatic heterocycles. The van der Waals surface area contributed by atoms with Crippen molar-refractivity contribution in [3.8, 4) is 11.5 Å². The Labute approximate surface area is 149 Å². The highest BCUT2D eigenvalue weighted by molar-refractivity contribution is 5.75. The lowest BCUT2D eigenvalue weighted by Gasteiger charge is -2.08. The Morgan fingerprint density at radius 1 is 1.00 bits per heavy atom. The Hall–Kier alpha value is -2.69. The number of nitrogens with one attached hydrogen (secondary N) is 1. The Kier molecular flexibility index (Phi) is 7.63. The fraction of sp³-hybridized carbons (Fsp3) is 0.350. The van der Waals surface area contributed by atoms with Crippen molar-refractivity contribution in [3.63, 3.8) is 0 Å². The van der Waals surface area contributed by atoms with Gasteiger partial charge in [-0.25, -0.2) is 0 Å². The molecule has 25 heavy (non-hydrogen) atoms. The number of benzene rings is 2. The third-order valence-electron chi connectivity index (χ3n) is 3.67. The molecule has 0 bridgehead atoms. The van der Waals surface area contributed by atoms with E-state index in [1.807, 2.05) is 55.5 Å². The highest BCUT2D eigenvalue weighted by Gasteiger charge is 2.02. The fourth-order valence-electron chi connectivity index (χ4n) is 2.34. The van der Waals surface area contributed by atoms with Crippen molar-refractivity contribution in [2.45, 2.75) is 26.2 Å². The van der Waals surface area contributed by atoms with Gasteiger partial charge >= 0.3 is 0 Å². The summed E-state index contributed by atoms with van der Waals surface area (Å²) in [4.78, 5) is 11.8. The van der Waals surface area contributed by atoms with Gasteiger partial charge in [0.15, 0.2) is 0 Å². The zero-order chi connectivity index (χ0) is 17.9. The lowest BCUT2D eigenvalue weighted by Crippen LogP contribution is -2.25. The SMILES string of the molecule is CCOc1ccc(OCCCC(=O)NCCc2ccc(N)cc2)cc1. The Morgan fingerprint density at radius 3 is 2.28 bits per heavy atom. The molecule has 3 N–H and O–H groups in total. The van der Waals surface area contributed by atoms with E-state index in [2.05, 4.69) is 5.32 Å². The monoisotopic (exact) mass is 342 g/mol. The first-order chi connectivity index (χ1) is 12.2. The number of nitrogen functional groups attached to an aromatic ring is 1. The van der Waals surface area contributed by atoms with Crippen molar-refractivity contribution in [3.05, 3.63) is 54.1 Å². The molecular formula is C20H26N2O3. The summed E-state index contributed by atoms with van der Waals surface area (Å²) < 4.78 is 11.0. The molecule has 2 aromatic rings. The second-order valence-electron chi connectivity index (χ2n) is 5.70. The van der Waals surface area contributed by atoms with Crippen LogP contribution in [0.1, 0.15) is 25.3 Å². The molecule has 0 saturated carbocycles. The van der Waals surface area contributed by atoms with Crippen molar-refractivity contribution < 1.29 is 14.3 Å². The van der Waals surface area contributed by atoms with E-state index < -0.39 is 0 Å². The van der Waals surface area contributed by atoms with E-state index in [1.165, 1.54) is 0 Å². The minimum absolute atomic E-state index is 0.0470. The van der Waals surface area contributed by atoms with Crippen LogP contribution in [0, 0.1) is 0 Å². The first-order valence-electron chi connectivity index (χ1n) is 8.64. The quantitative estimate of drug-likeness (QED) is 0.514. The number of rotatable bonds is 10. The maximum absolute atomic E-state index is 11.8. The van der Waals surface area contributed by atoms with Crippen LogP contribution in [0.4, 0.5) is 5.69 Å². The Bertz CT molecular complexity index is 639. The number of anilines is 1. The summed E-state index contributed by atoms with van der Waals surface area (Å²) in [6.07, 6.45) is 1.94. The molecule has 2 aromatic carbocycles. The van der Waals surface area contributed by atoms with Gasteiger partial charge in [0.2, 0.25) is 5.91 Å². The van der Waals surface area contributed by atoms with E-state index in [-0.39, 0.29) is 5.91 Å². The molecule has 5 heteroatoms. The van der Waals surface area contributed by atoms with E-state index in [4.69, 9.17) is 15.2 Å². The second kappa shape index (κ2) is 10.2. The van der Waals surface area contributed by atoms with Crippen LogP contribution in [0.5, 0.6) is 11.5 Å². The number of amides is 1. The molecule has 0 saturated heterocycles. The Morgan fingerprint density at radius 2 is 1.64 bits per heavy atom. The summed E-state index contributed by atoms with van der Waals surface area (Å²) in [5.74, 6) is 1.66. The van der Waals surface area contributed by atoms with Crippen LogP contribution in [0.2, 0.25) is 0 Å². The van der Waals surface area contributed by atoms with Gasteiger partial charge in [0, 0.05) is 18.7 Å². The molecule has 0 atom stereocenters. The number of nitrogens with two attached hydrogens (primary N) is 1. The fourth-order valence-corrected chi connectivity index (χ4v) is 2.34. The number of hydrogen-bond acceptors (Lipinski definition) is 4. The predicted octanol–water partition coefficient (Wildman–Crippen LogP) is 3.19. The lowest BCUT2D eigenvalue weighted by molar-refractivity contribution is -0.121. The zero-order valence-electron chi connectivity index (χ0n) is 14.7. The van der Waals surface area contributed by atoms with Gasteiger partial charge in [0.1, 0.15) is 11.5 Å². The van der Waals surface area contributed by atoms with Crippen LogP contribution in [-0.4, -0.2) is 25.7 Å². The molecular weight excluding hydrogens is 316 g/mol. The largest absolute Gasteiger partial charge is 0.494 e. The van der Waals surface area contributed by atoms with E-state index >= 15 is 0 Å². The summed E-state index contributed by atoms with van der Waals surface area (Å²) >= 11 is 0. The number of carbonyl (C=O) groups is 1. The molecule has 0 unspecified atom stereocenters. The van der Waals surface area contributed by atoms with Gasteiger partial charge in [0.05, 0.1) is 13.2 Å². The molecule has 0 radical (unpaired) electrons. The summed E-state index contributed by atoms with van der Waals surface area (Å²) in [6.45, 7) is 3.74. The minimum Gasteiger partial charge on any atom is -0.494 e. The molecule has 0 aliphatic rings. The van der Waals surface area contributed by atoms with Crippen LogP contribution in [0.15, 0.2) is 48.5 Å². The number of hydrogen-bond donors (Lipinski definition) is 2. The third-order valence-corrected chi connectivity index (χ3v) is 3.67. The second-order valence-corrected chi connectivity index (χ2v) is 5.70. The van der Waals surface area contributed by atoms with Crippen molar-refractivity contribution in [2.75, 3.05) is 25.5 Å². The number of carbonyl (C=O) groups excluding carboxylic acids is 1. The number of ether oxygens (including phenoxy) is 2.